The molecule has 0 radical (unpaired) electrons. The molecule has 5 aromatic rings. The first-order valence-corrected chi connectivity index (χ1v) is 16.9. The van der Waals surface area contributed by atoms with Crippen LogP contribution >= 0.6 is 0 Å². The molecule has 52 heavy (non-hydrogen) atoms. The number of aryl methyl sites for hydroxylation is 1. The maximum Gasteiger partial charge on any atom is 0.416 e. The van der Waals surface area contributed by atoms with Crippen LogP contribution in [0, 0.1) is 17.7 Å². The summed E-state index contributed by atoms with van der Waals surface area (Å²) in [6.45, 7) is 2.16. The van der Waals surface area contributed by atoms with E-state index in [4.69, 9.17) is 0 Å². The third kappa shape index (κ3) is 8.25. The molecule has 0 unspecified atom stereocenters. The molecule has 0 bridgehead atoms. The number of nitrogens with zero attached hydrogens (tertiary/aromatic N) is 3. The van der Waals surface area contributed by atoms with Gasteiger partial charge in [0.25, 0.3) is 0 Å². The summed E-state index contributed by atoms with van der Waals surface area (Å²) in [5.74, 6) is -3.47. The number of carboxylic acids is 1. The Morgan fingerprint density at radius 1 is 0.808 bits per heavy atom. The van der Waals surface area contributed by atoms with Crippen LogP contribution in [0.25, 0.3) is 33.6 Å². The number of carboxylic acid groups (broad SMARTS) is 1. The number of hydrogen-bond acceptors (Lipinski definition) is 5. The highest BCUT2D eigenvalue weighted by Gasteiger charge is 2.39. The summed E-state index contributed by atoms with van der Waals surface area (Å²) in [5.41, 5.74) is 4.33. The van der Waals surface area contributed by atoms with Crippen molar-refractivity contribution >= 4 is 17.7 Å². The standard InChI is InChI=1S/C41H35F4N3O4/c1-2-3-25-4-8-27(9-5-25)30-14-17-35(36(42)19-30)32-21-46-38(47-22-32)29-10-6-26(7-11-29)18-31(39(50)48-23-33(24-48)40(51)52)20-37(49)28-12-15-34(16-13-28)41(43,44)45/h4-17,19,21-22,31,33H,2-3,18,20,23-24H2,1H3,(H,51,52)/t31-/m1/s1. The van der Waals surface area contributed by atoms with Crippen LogP contribution in [0.3, 0.4) is 0 Å². The van der Waals surface area contributed by atoms with Crippen molar-refractivity contribution in [3.63, 3.8) is 0 Å². The van der Waals surface area contributed by atoms with Crippen LogP contribution in [0.5, 0.6) is 0 Å². The number of aliphatic carboxylic acids is 1. The molecule has 1 aromatic heterocycles. The first-order chi connectivity index (χ1) is 24.9. The van der Waals surface area contributed by atoms with Crippen LogP contribution in [0.15, 0.2) is 103 Å². The van der Waals surface area contributed by atoms with Crippen molar-refractivity contribution < 1.29 is 37.1 Å². The normalized spacial score (nSPS) is 13.8. The number of amides is 1. The molecule has 1 aliphatic heterocycles. The molecule has 11 heteroatoms. The van der Waals surface area contributed by atoms with Crippen molar-refractivity contribution in [2.45, 2.75) is 38.8 Å². The van der Waals surface area contributed by atoms with Gasteiger partial charge in [0, 0.05) is 60.1 Å². The fourth-order valence-electron chi connectivity index (χ4n) is 6.28. The van der Waals surface area contributed by atoms with Gasteiger partial charge in [0.05, 0.1) is 11.5 Å². The Morgan fingerprint density at radius 2 is 1.40 bits per heavy atom. The number of carbonyl (C=O) groups is 3. The molecule has 1 fully saturated rings. The minimum absolute atomic E-state index is 0.0202. The van der Waals surface area contributed by atoms with E-state index in [0.29, 0.717) is 28.1 Å². The summed E-state index contributed by atoms with van der Waals surface area (Å²) in [6.07, 6.45) is 0.456. The zero-order valence-corrected chi connectivity index (χ0v) is 28.2. The lowest BCUT2D eigenvalue weighted by atomic mass is 9.88. The second-order valence-corrected chi connectivity index (χ2v) is 13.0. The minimum atomic E-state index is -4.55. The Labute approximate surface area is 298 Å². The summed E-state index contributed by atoms with van der Waals surface area (Å²) in [6, 6.07) is 24.0. The number of alkyl halides is 3. The lowest BCUT2D eigenvalue weighted by molar-refractivity contribution is -0.154. The van der Waals surface area contributed by atoms with E-state index >= 15 is 4.39 Å². The second-order valence-electron chi connectivity index (χ2n) is 13.0. The van der Waals surface area contributed by atoms with Crippen molar-refractivity contribution in [1.29, 1.82) is 0 Å². The number of benzene rings is 4. The molecule has 0 saturated carbocycles. The van der Waals surface area contributed by atoms with Crippen LogP contribution < -0.4 is 0 Å². The van der Waals surface area contributed by atoms with Crippen molar-refractivity contribution in [2.24, 2.45) is 11.8 Å². The number of rotatable bonds is 12. The van der Waals surface area contributed by atoms with Gasteiger partial charge < -0.3 is 10.0 Å². The first kappa shape index (κ1) is 36.1. The minimum Gasteiger partial charge on any atom is -0.481 e. The Kier molecular flexibility index (Phi) is 10.6. The first-order valence-electron chi connectivity index (χ1n) is 16.9. The van der Waals surface area contributed by atoms with Gasteiger partial charge in [-0.15, -0.1) is 0 Å². The maximum absolute atomic E-state index is 15.2. The summed E-state index contributed by atoms with van der Waals surface area (Å²) < 4.78 is 54.3. The van der Waals surface area contributed by atoms with Crippen molar-refractivity contribution in [2.75, 3.05) is 13.1 Å². The van der Waals surface area contributed by atoms with Gasteiger partial charge in [-0.1, -0.05) is 86.1 Å². The van der Waals surface area contributed by atoms with E-state index in [2.05, 4.69) is 29.0 Å². The van der Waals surface area contributed by atoms with Gasteiger partial charge in [-0.3, -0.25) is 14.4 Å². The summed E-state index contributed by atoms with van der Waals surface area (Å²) in [5, 5.41) is 9.26. The number of carbonyl (C=O) groups excluding carboxylic acids is 2. The smallest absolute Gasteiger partial charge is 0.416 e. The molecule has 1 saturated heterocycles. The zero-order valence-electron chi connectivity index (χ0n) is 28.2. The Hall–Kier alpha value is -5.71. The van der Waals surface area contributed by atoms with E-state index < -0.39 is 47.1 Å². The van der Waals surface area contributed by atoms with Crippen LogP contribution in [-0.2, 0) is 28.6 Å². The fraction of sp³-hybridized carbons (Fsp3) is 0.244. The van der Waals surface area contributed by atoms with Gasteiger partial charge in [-0.2, -0.15) is 13.2 Å². The fourth-order valence-corrected chi connectivity index (χ4v) is 6.28. The lowest BCUT2D eigenvalue weighted by Gasteiger charge is -2.38. The number of ketones is 1. The van der Waals surface area contributed by atoms with Crippen molar-refractivity contribution in [3.8, 4) is 33.6 Å². The summed E-state index contributed by atoms with van der Waals surface area (Å²) >= 11 is 0. The van der Waals surface area contributed by atoms with E-state index in [-0.39, 0.29) is 31.5 Å². The quantitative estimate of drug-likeness (QED) is 0.103. The molecular formula is C41H35F4N3O4. The average Bonchev–Trinajstić information content (AvgIpc) is 3.11. The molecule has 1 amide bonds. The molecule has 0 spiro atoms. The number of aromatic nitrogens is 2. The van der Waals surface area contributed by atoms with E-state index in [9.17, 15) is 32.7 Å². The predicted molar refractivity (Wildman–Crippen MR) is 188 cm³/mol. The molecule has 1 aliphatic rings. The van der Waals surface area contributed by atoms with Gasteiger partial charge in [0.2, 0.25) is 5.91 Å². The Morgan fingerprint density at radius 3 is 1.98 bits per heavy atom. The highest BCUT2D eigenvalue weighted by atomic mass is 19.4. The highest BCUT2D eigenvalue weighted by Crippen LogP contribution is 2.31. The van der Waals surface area contributed by atoms with Crippen LogP contribution in [0.4, 0.5) is 17.6 Å². The van der Waals surface area contributed by atoms with Crippen LogP contribution in [0.1, 0.15) is 46.8 Å². The molecular weight excluding hydrogens is 674 g/mol. The van der Waals surface area contributed by atoms with Gasteiger partial charge in [0.1, 0.15) is 5.82 Å². The third-order valence-corrected chi connectivity index (χ3v) is 9.31. The number of Topliss-reactive ketones (excluding diaryl/α,β-unsaturated/α-hetero) is 1. The Bertz CT molecular complexity index is 2060. The molecule has 4 aromatic carbocycles. The Balaban J connectivity index is 1.14. The van der Waals surface area contributed by atoms with Gasteiger partial charge in [-0.05, 0) is 53.3 Å². The molecule has 0 aliphatic carbocycles. The largest absolute Gasteiger partial charge is 0.481 e. The third-order valence-electron chi connectivity index (χ3n) is 9.31. The lowest BCUT2D eigenvalue weighted by Crippen LogP contribution is -2.55. The van der Waals surface area contributed by atoms with Gasteiger partial charge in [0.15, 0.2) is 11.6 Å². The zero-order chi connectivity index (χ0) is 37.0. The van der Waals surface area contributed by atoms with Crippen LogP contribution in [0.2, 0.25) is 0 Å². The average molecular weight is 710 g/mol. The molecule has 1 N–H and O–H groups in total. The van der Waals surface area contributed by atoms with Crippen molar-refractivity contribution in [3.05, 3.63) is 131 Å². The summed E-state index contributed by atoms with van der Waals surface area (Å²) in [4.78, 5) is 48.1. The predicted octanol–water partition coefficient (Wildman–Crippen LogP) is 8.56. The monoisotopic (exact) mass is 709 g/mol. The second kappa shape index (κ2) is 15.3. The molecule has 2 heterocycles. The number of likely N-dealkylation sites (tertiary alicyclic amines) is 1. The van der Waals surface area contributed by atoms with E-state index in [0.717, 1.165) is 48.2 Å². The SMILES string of the molecule is CCCc1ccc(-c2ccc(-c3cnc(-c4ccc(C[C@H](CC(=O)c5ccc(C(F)(F)F)cc5)C(=O)N5CC(C(=O)O)C5)cc4)nc3)c(F)c2)cc1. The van der Waals surface area contributed by atoms with Crippen LogP contribution in [-0.4, -0.2) is 50.7 Å². The summed E-state index contributed by atoms with van der Waals surface area (Å²) in [7, 11) is 0. The van der Waals surface area contributed by atoms with Crippen molar-refractivity contribution in [1.82, 2.24) is 14.9 Å². The molecule has 6 rings (SSSR count). The van der Waals surface area contributed by atoms with Gasteiger partial charge in [-0.25, -0.2) is 14.4 Å². The topological polar surface area (TPSA) is 100 Å². The van der Waals surface area contributed by atoms with E-state index in [1.165, 1.54) is 16.5 Å². The maximum atomic E-state index is 15.2. The highest BCUT2D eigenvalue weighted by molar-refractivity contribution is 5.99. The molecule has 7 nitrogen and oxygen atoms in total. The van der Waals surface area contributed by atoms with E-state index in [1.54, 1.807) is 42.7 Å². The number of hydrogen-bond donors (Lipinski definition) is 1. The molecule has 266 valence electrons. The van der Waals surface area contributed by atoms with Gasteiger partial charge >= 0.3 is 12.1 Å². The number of halogens is 4. The van der Waals surface area contributed by atoms with E-state index in [1.807, 2.05) is 18.2 Å². The molecule has 1 atom stereocenters.